The third-order valence-corrected chi connectivity index (χ3v) is 5.61. The fourth-order valence-electron chi connectivity index (χ4n) is 3.93. The number of nitrogens with two attached hydrogens (primary N) is 2. The topological polar surface area (TPSA) is 106 Å². The zero-order chi connectivity index (χ0) is 21.8. The van der Waals surface area contributed by atoms with E-state index in [0.29, 0.717) is 22.8 Å². The van der Waals surface area contributed by atoms with E-state index in [0.717, 1.165) is 36.9 Å². The molecule has 2 aromatic carbocycles. The molecule has 0 saturated heterocycles. The average Bonchev–Trinajstić information content (AvgIpc) is 2.76. The van der Waals surface area contributed by atoms with Crippen molar-refractivity contribution in [3.05, 3.63) is 72.0 Å². The van der Waals surface area contributed by atoms with E-state index in [2.05, 4.69) is 15.6 Å². The summed E-state index contributed by atoms with van der Waals surface area (Å²) in [6.45, 7) is 0. The summed E-state index contributed by atoms with van der Waals surface area (Å²) >= 11 is 0. The molecule has 3 aromatic rings. The largest absolute Gasteiger partial charge is 0.381 e. The molecule has 0 bridgehead atoms. The van der Waals surface area contributed by atoms with Crippen molar-refractivity contribution in [2.24, 2.45) is 11.5 Å². The molecule has 4 rings (SSSR count). The standard InChI is InChI=1S/C24H26FN5O/c25-16-10-8-15(9-11-16)20-6-3-7-23(29-20)30-22-14-17(12-13-18(22)24(27)31)28-21-5-2-1-4-19(21)26/h3,6-14,19,21,28H,1-2,4-5,26H2,(H2,27,31)(H,29,30)/t19-,21+/m1/s1. The number of benzene rings is 2. The highest BCUT2D eigenvalue weighted by Crippen LogP contribution is 2.28. The normalized spacial score (nSPS) is 18.4. The third-order valence-electron chi connectivity index (χ3n) is 5.61. The van der Waals surface area contributed by atoms with Gasteiger partial charge in [-0.2, -0.15) is 0 Å². The van der Waals surface area contributed by atoms with Crippen molar-refractivity contribution in [2.45, 2.75) is 37.8 Å². The molecule has 7 heteroatoms. The number of carbonyl (C=O) groups is 1. The van der Waals surface area contributed by atoms with Gasteiger partial charge in [0.15, 0.2) is 0 Å². The maximum atomic E-state index is 13.2. The van der Waals surface area contributed by atoms with E-state index in [-0.39, 0.29) is 17.9 Å². The van der Waals surface area contributed by atoms with E-state index in [1.54, 1.807) is 24.3 Å². The van der Waals surface area contributed by atoms with Crippen LogP contribution < -0.4 is 22.1 Å². The Labute approximate surface area is 180 Å². The van der Waals surface area contributed by atoms with Gasteiger partial charge in [0.05, 0.1) is 16.9 Å². The van der Waals surface area contributed by atoms with Crippen molar-refractivity contribution >= 4 is 23.1 Å². The first-order chi connectivity index (χ1) is 15.0. The summed E-state index contributed by atoms with van der Waals surface area (Å²) < 4.78 is 13.2. The van der Waals surface area contributed by atoms with Crippen molar-refractivity contribution in [1.29, 1.82) is 0 Å². The number of rotatable bonds is 6. The van der Waals surface area contributed by atoms with Gasteiger partial charge in [0.2, 0.25) is 0 Å². The first-order valence-corrected chi connectivity index (χ1v) is 10.5. The van der Waals surface area contributed by atoms with Crippen LogP contribution in [-0.2, 0) is 0 Å². The van der Waals surface area contributed by atoms with Gasteiger partial charge in [-0.3, -0.25) is 4.79 Å². The summed E-state index contributed by atoms with van der Waals surface area (Å²) in [5.74, 6) is -0.278. The summed E-state index contributed by atoms with van der Waals surface area (Å²) in [6.07, 6.45) is 4.32. The van der Waals surface area contributed by atoms with Gasteiger partial charge in [0, 0.05) is 23.3 Å². The van der Waals surface area contributed by atoms with Crippen LogP contribution in [-0.4, -0.2) is 23.0 Å². The second-order valence-corrected chi connectivity index (χ2v) is 7.86. The Morgan fingerprint density at radius 2 is 1.81 bits per heavy atom. The third kappa shape index (κ3) is 5.00. The molecule has 0 radical (unpaired) electrons. The molecular formula is C24H26FN5O. The van der Waals surface area contributed by atoms with E-state index < -0.39 is 5.91 Å². The summed E-state index contributed by atoms with van der Waals surface area (Å²) in [7, 11) is 0. The second-order valence-electron chi connectivity index (χ2n) is 7.86. The van der Waals surface area contributed by atoms with E-state index in [1.165, 1.54) is 12.1 Å². The maximum absolute atomic E-state index is 13.2. The van der Waals surface area contributed by atoms with Crippen molar-refractivity contribution in [2.75, 3.05) is 10.6 Å². The van der Waals surface area contributed by atoms with E-state index in [1.807, 2.05) is 24.3 Å². The fourth-order valence-corrected chi connectivity index (χ4v) is 3.93. The molecule has 6 nitrogen and oxygen atoms in total. The minimum atomic E-state index is -0.530. The van der Waals surface area contributed by atoms with Crippen LogP contribution in [0.5, 0.6) is 0 Å². The summed E-state index contributed by atoms with van der Waals surface area (Å²) in [4.78, 5) is 16.6. The molecule has 160 valence electrons. The molecule has 1 aliphatic rings. The van der Waals surface area contributed by atoms with Crippen LogP contribution in [0.3, 0.4) is 0 Å². The van der Waals surface area contributed by atoms with Crippen LogP contribution >= 0.6 is 0 Å². The van der Waals surface area contributed by atoms with E-state index in [9.17, 15) is 9.18 Å². The Hall–Kier alpha value is -3.45. The van der Waals surface area contributed by atoms with Crippen molar-refractivity contribution in [1.82, 2.24) is 4.98 Å². The summed E-state index contributed by atoms with van der Waals surface area (Å²) in [6, 6.07) is 17.3. The Morgan fingerprint density at radius 1 is 1.03 bits per heavy atom. The molecule has 1 aromatic heterocycles. The molecule has 2 atom stereocenters. The number of pyridine rings is 1. The lowest BCUT2D eigenvalue weighted by atomic mass is 9.91. The van der Waals surface area contributed by atoms with Crippen molar-refractivity contribution in [3.63, 3.8) is 0 Å². The smallest absolute Gasteiger partial charge is 0.250 e. The van der Waals surface area contributed by atoms with Crippen LogP contribution in [0.1, 0.15) is 36.0 Å². The van der Waals surface area contributed by atoms with Gasteiger partial charge < -0.3 is 22.1 Å². The molecule has 31 heavy (non-hydrogen) atoms. The molecule has 1 fully saturated rings. The zero-order valence-electron chi connectivity index (χ0n) is 17.1. The number of primary amides is 1. The zero-order valence-corrected chi connectivity index (χ0v) is 17.1. The Balaban J connectivity index is 1.60. The molecule has 1 amide bonds. The summed E-state index contributed by atoms with van der Waals surface area (Å²) in [5, 5.41) is 6.70. The predicted octanol–water partition coefficient (Wildman–Crippen LogP) is 4.41. The molecule has 1 heterocycles. The van der Waals surface area contributed by atoms with Crippen LogP contribution in [0.4, 0.5) is 21.6 Å². The highest BCUT2D eigenvalue weighted by Gasteiger charge is 2.22. The van der Waals surface area contributed by atoms with Crippen LogP contribution in [0.15, 0.2) is 60.7 Å². The van der Waals surface area contributed by atoms with Gasteiger partial charge >= 0.3 is 0 Å². The monoisotopic (exact) mass is 419 g/mol. The van der Waals surface area contributed by atoms with Gasteiger partial charge in [-0.25, -0.2) is 9.37 Å². The number of nitrogens with zero attached hydrogens (tertiary/aromatic N) is 1. The predicted molar refractivity (Wildman–Crippen MR) is 122 cm³/mol. The highest BCUT2D eigenvalue weighted by molar-refractivity contribution is 5.99. The number of amides is 1. The fraction of sp³-hybridized carbons (Fsp3) is 0.250. The lowest BCUT2D eigenvalue weighted by molar-refractivity contribution is 0.100. The second kappa shape index (κ2) is 9.14. The van der Waals surface area contributed by atoms with Crippen LogP contribution in [0, 0.1) is 5.82 Å². The SMILES string of the molecule is NC(=O)c1ccc(N[C@H]2CCCC[C@H]2N)cc1Nc1cccc(-c2ccc(F)cc2)n1. The number of carbonyl (C=O) groups excluding carboxylic acids is 1. The molecular weight excluding hydrogens is 393 g/mol. The minimum Gasteiger partial charge on any atom is -0.381 e. The molecule has 1 saturated carbocycles. The van der Waals surface area contributed by atoms with Crippen LogP contribution in [0.2, 0.25) is 0 Å². The number of anilines is 3. The first kappa shape index (κ1) is 20.8. The quantitative estimate of drug-likeness (QED) is 0.473. The Bertz CT molecular complexity index is 1070. The van der Waals surface area contributed by atoms with E-state index in [4.69, 9.17) is 11.5 Å². The van der Waals surface area contributed by atoms with Crippen LogP contribution in [0.25, 0.3) is 11.3 Å². The minimum absolute atomic E-state index is 0.107. The number of halogens is 1. The van der Waals surface area contributed by atoms with Gasteiger partial charge in [-0.1, -0.05) is 18.9 Å². The van der Waals surface area contributed by atoms with Gasteiger partial charge in [-0.15, -0.1) is 0 Å². The average molecular weight is 420 g/mol. The van der Waals surface area contributed by atoms with Gasteiger partial charge in [0.25, 0.3) is 5.91 Å². The van der Waals surface area contributed by atoms with E-state index >= 15 is 0 Å². The molecule has 0 unspecified atom stereocenters. The maximum Gasteiger partial charge on any atom is 0.250 e. The first-order valence-electron chi connectivity index (χ1n) is 10.5. The Morgan fingerprint density at radius 3 is 2.55 bits per heavy atom. The van der Waals surface area contributed by atoms with Gasteiger partial charge in [0.1, 0.15) is 11.6 Å². The summed E-state index contributed by atoms with van der Waals surface area (Å²) in [5.41, 5.74) is 15.1. The van der Waals surface area contributed by atoms with Crippen molar-refractivity contribution in [3.8, 4) is 11.3 Å². The lowest BCUT2D eigenvalue weighted by Gasteiger charge is -2.30. The lowest BCUT2D eigenvalue weighted by Crippen LogP contribution is -2.42. The number of nitrogens with one attached hydrogen (secondary N) is 2. The molecule has 1 aliphatic carbocycles. The molecule has 0 spiro atoms. The van der Waals surface area contributed by atoms with Gasteiger partial charge in [-0.05, 0) is 67.4 Å². The van der Waals surface area contributed by atoms with Crippen molar-refractivity contribution < 1.29 is 9.18 Å². The number of hydrogen-bond acceptors (Lipinski definition) is 5. The number of hydrogen-bond donors (Lipinski definition) is 4. The molecule has 0 aliphatic heterocycles. The highest BCUT2D eigenvalue weighted by atomic mass is 19.1. The molecule has 6 N–H and O–H groups in total. The Kier molecular flexibility index (Phi) is 6.13. The number of aromatic nitrogens is 1.